The van der Waals surface area contributed by atoms with Gasteiger partial charge in [-0.15, -0.1) is 0 Å². The summed E-state index contributed by atoms with van der Waals surface area (Å²) in [6.07, 6.45) is 2.22. The maximum Gasteiger partial charge on any atom is 0.328 e. The van der Waals surface area contributed by atoms with E-state index in [1.165, 1.54) is 18.1 Å². The number of nitrogens with zero attached hydrogens (tertiary/aromatic N) is 1. The first-order chi connectivity index (χ1) is 11.0. The molecule has 7 heteroatoms. The molecule has 1 atom stereocenters. The number of para-hydroxylation sites is 1. The van der Waals surface area contributed by atoms with Crippen LogP contribution in [0.3, 0.4) is 0 Å². The van der Waals surface area contributed by atoms with E-state index in [1.54, 1.807) is 0 Å². The summed E-state index contributed by atoms with van der Waals surface area (Å²) in [4.78, 5) is 25.1. The van der Waals surface area contributed by atoms with Gasteiger partial charge in [-0.25, -0.2) is 13.6 Å². The van der Waals surface area contributed by atoms with Crippen molar-refractivity contribution in [2.45, 2.75) is 25.8 Å². The Morgan fingerprint density at radius 3 is 2.57 bits per heavy atom. The second-order valence-corrected chi connectivity index (χ2v) is 5.06. The number of ether oxygens (including phenoxy) is 2. The van der Waals surface area contributed by atoms with E-state index in [1.807, 2.05) is 6.92 Å². The van der Waals surface area contributed by atoms with Crippen molar-refractivity contribution in [1.82, 2.24) is 4.90 Å². The Labute approximate surface area is 132 Å². The fourth-order valence-corrected chi connectivity index (χ4v) is 2.36. The van der Waals surface area contributed by atoms with E-state index in [4.69, 9.17) is 9.47 Å². The number of methoxy groups -OCH3 is 1. The zero-order valence-corrected chi connectivity index (χ0v) is 12.8. The van der Waals surface area contributed by atoms with E-state index in [0.29, 0.717) is 12.8 Å². The van der Waals surface area contributed by atoms with Crippen molar-refractivity contribution in [2.24, 2.45) is 0 Å². The second kappa shape index (κ2) is 7.21. The Bertz CT molecular complexity index is 625. The summed E-state index contributed by atoms with van der Waals surface area (Å²) < 4.78 is 37.1. The fraction of sp³-hybridized carbons (Fsp3) is 0.375. The van der Waals surface area contributed by atoms with Crippen LogP contribution in [0, 0.1) is 11.6 Å². The van der Waals surface area contributed by atoms with Crippen LogP contribution < -0.4 is 4.74 Å². The number of carbonyl (C=O) groups is 2. The molecule has 1 aromatic rings. The van der Waals surface area contributed by atoms with E-state index in [2.05, 4.69) is 0 Å². The van der Waals surface area contributed by atoms with E-state index in [-0.39, 0.29) is 12.3 Å². The van der Waals surface area contributed by atoms with Crippen molar-refractivity contribution in [2.75, 3.05) is 13.7 Å². The lowest BCUT2D eigenvalue weighted by molar-refractivity contribution is -0.151. The smallest absolute Gasteiger partial charge is 0.328 e. The van der Waals surface area contributed by atoms with Crippen LogP contribution in [0.15, 0.2) is 30.0 Å². The number of esters is 1. The van der Waals surface area contributed by atoms with Gasteiger partial charge >= 0.3 is 5.97 Å². The molecule has 0 fully saturated rings. The minimum absolute atomic E-state index is 0.0492. The largest absolute Gasteiger partial charge is 0.467 e. The average Bonchev–Trinajstić information content (AvgIpc) is 2.88. The molecule has 1 aliphatic rings. The van der Waals surface area contributed by atoms with Gasteiger partial charge in [0.25, 0.3) is 5.91 Å². The Morgan fingerprint density at radius 1 is 1.35 bits per heavy atom. The molecule has 1 unspecified atom stereocenters. The van der Waals surface area contributed by atoms with Gasteiger partial charge in [-0.05, 0) is 18.6 Å². The Morgan fingerprint density at radius 2 is 2.00 bits per heavy atom. The van der Waals surface area contributed by atoms with Crippen LogP contribution in [0.1, 0.15) is 19.8 Å². The van der Waals surface area contributed by atoms with Crippen molar-refractivity contribution < 1.29 is 27.8 Å². The van der Waals surface area contributed by atoms with E-state index in [0.717, 1.165) is 18.2 Å². The van der Waals surface area contributed by atoms with Gasteiger partial charge in [0.15, 0.2) is 17.4 Å². The van der Waals surface area contributed by atoms with Crippen LogP contribution in [0.4, 0.5) is 8.78 Å². The maximum atomic E-state index is 13.6. The number of hydrogen-bond donors (Lipinski definition) is 0. The number of amides is 1. The summed E-state index contributed by atoms with van der Waals surface area (Å²) >= 11 is 0. The highest BCUT2D eigenvalue weighted by molar-refractivity contribution is 5.94. The highest BCUT2D eigenvalue weighted by atomic mass is 19.1. The minimum Gasteiger partial charge on any atom is -0.467 e. The van der Waals surface area contributed by atoms with Crippen LogP contribution in [0.2, 0.25) is 0 Å². The molecule has 1 aliphatic heterocycles. The van der Waals surface area contributed by atoms with Gasteiger partial charge in [0, 0.05) is 6.08 Å². The lowest BCUT2D eigenvalue weighted by Crippen LogP contribution is -2.43. The standard InChI is InChI=1S/C16H17F2NO4/c1-3-5-13(16(21)22-2)19-9-10(8-14(19)20)23-15-11(17)6-4-7-12(15)18/h4,6-8,13H,3,5,9H2,1-2H3. The summed E-state index contributed by atoms with van der Waals surface area (Å²) in [5.74, 6) is -3.22. The molecule has 1 heterocycles. The zero-order chi connectivity index (χ0) is 17.0. The molecule has 0 saturated heterocycles. The summed E-state index contributed by atoms with van der Waals surface area (Å²) in [6.45, 7) is 1.82. The van der Waals surface area contributed by atoms with Gasteiger partial charge < -0.3 is 14.4 Å². The Kier molecular flexibility index (Phi) is 5.31. The van der Waals surface area contributed by atoms with Gasteiger partial charge in [-0.3, -0.25) is 4.79 Å². The third kappa shape index (κ3) is 3.67. The number of hydrogen-bond acceptors (Lipinski definition) is 4. The van der Waals surface area contributed by atoms with Gasteiger partial charge in [0.1, 0.15) is 11.8 Å². The predicted octanol–water partition coefficient (Wildman–Crippen LogP) is 2.41. The van der Waals surface area contributed by atoms with E-state index in [9.17, 15) is 18.4 Å². The van der Waals surface area contributed by atoms with Gasteiger partial charge in [-0.2, -0.15) is 0 Å². The van der Waals surface area contributed by atoms with Gasteiger partial charge in [0.05, 0.1) is 13.7 Å². The molecule has 1 amide bonds. The molecule has 2 rings (SSSR count). The number of carbonyl (C=O) groups excluding carboxylic acids is 2. The first kappa shape index (κ1) is 16.9. The lowest BCUT2D eigenvalue weighted by atomic mass is 10.1. The number of benzene rings is 1. The molecule has 23 heavy (non-hydrogen) atoms. The molecular weight excluding hydrogens is 308 g/mol. The highest BCUT2D eigenvalue weighted by Gasteiger charge is 2.34. The van der Waals surface area contributed by atoms with Crippen LogP contribution in [-0.4, -0.2) is 36.5 Å². The average molecular weight is 325 g/mol. The van der Waals surface area contributed by atoms with Gasteiger partial charge in [0.2, 0.25) is 0 Å². The van der Waals surface area contributed by atoms with Crippen LogP contribution in [0.25, 0.3) is 0 Å². The lowest BCUT2D eigenvalue weighted by Gasteiger charge is -2.25. The molecule has 1 aromatic carbocycles. The molecule has 0 N–H and O–H groups in total. The fourth-order valence-electron chi connectivity index (χ4n) is 2.36. The monoisotopic (exact) mass is 325 g/mol. The molecule has 124 valence electrons. The normalized spacial score (nSPS) is 15.4. The first-order valence-corrected chi connectivity index (χ1v) is 7.18. The molecule has 0 aliphatic carbocycles. The van der Waals surface area contributed by atoms with Crippen molar-refractivity contribution in [3.63, 3.8) is 0 Å². The topological polar surface area (TPSA) is 55.8 Å². The van der Waals surface area contributed by atoms with E-state index < -0.39 is 35.3 Å². The molecule has 0 spiro atoms. The summed E-state index contributed by atoms with van der Waals surface area (Å²) in [7, 11) is 1.24. The third-order valence-electron chi connectivity index (χ3n) is 3.46. The van der Waals surface area contributed by atoms with Crippen molar-refractivity contribution in [3.8, 4) is 5.75 Å². The number of halogens is 2. The molecule has 5 nitrogen and oxygen atoms in total. The maximum absolute atomic E-state index is 13.6. The summed E-state index contributed by atoms with van der Waals surface area (Å²) in [6, 6.07) is 2.58. The van der Waals surface area contributed by atoms with Gasteiger partial charge in [-0.1, -0.05) is 19.4 Å². The first-order valence-electron chi connectivity index (χ1n) is 7.18. The quantitative estimate of drug-likeness (QED) is 0.754. The highest BCUT2D eigenvalue weighted by Crippen LogP contribution is 2.26. The molecule has 0 aromatic heterocycles. The zero-order valence-electron chi connectivity index (χ0n) is 12.8. The van der Waals surface area contributed by atoms with Crippen molar-refractivity contribution >= 4 is 11.9 Å². The van der Waals surface area contributed by atoms with Crippen molar-refractivity contribution in [1.29, 1.82) is 0 Å². The molecule has 0 radical (unpaired) electrons. The summed E-state index contributed by atoms with van der Waals surface area (Å²) in [5, 5.41) is 0. The Hall–Kier alpha value is -2.44. The van der Waals surface area contributed by atoms with E-state index >= 15 is 0 Å². The van der Waals surface area contributed by atoms with Crippen LogP contribution in [-0.2, 0) is 14.3 Å². The molecule has 0 saturated carbocycles. The number of rotatable bonds is 6. The molecule has 0 bridgehead atoms. The second-order valence-electron chi connectivity index (χ2n) is 5.06. The molecular formula is C16H17F2NO4. The SMILES string of the molecule is CCCC(C(=O)OC)N1CC(Oc2c(F)cccc2F)=CC1=O. The summed E-state index contributed by atoms with van der Waals surface area (Å²) in [5.41, 5.74) is 0. The van der Waals surface area contributed by atoms with Crippen LogP contribution in [0.5, 0.6) is 5.75 Å². The predicted molar refractivity (Wildman–Crippen MR) is 77.5 cm³/mol. The van der Waals surface area contributed by atoms with Crippen LogP contribution >= 0.6 is 0 Å². The third-order valence-corrected chi connectivity index (χ3v) is 3.46. The van der Waals surface area contributed by atoms with Crippen molar-refractivity contribution in [3.05, 3.63) is 41.7 Å². The Balaban J connectivity index is 2.15. The minimum atomic E-state index is -0.866.